The second-order valence-corrected chi connectivity index (χ2v) is 7.09. The second-order valence-electron chi connectivity index (χ2n) is 7.09. The fourth-order valence-corrected chi connectivity index (χ4v) is 3.56. The number of amides is 1. The number of nitrogens with one attached hydrogen (secondary N) is 1. The van der Waals surface area contributed by atoms with Crippen LogP contribution in [0.1, 0.15) is 23.6 Å². The third-order valence-corrected chi connectivity index (χ3v) is 4.95. The van der Waals surface area contributed by atoms with Gasteiger partial charge in [-0.3, -0.25) is 9.59 Å². The van der Waals surface area contributed by atoms with E-state index in [2.05, 4.69) is 10.3 Å². The van der Waals surface area contributed by atoms with Crippen molar-refractivity contribution in [1.82, 2.24) is 9.55 Å². The number of carbonyl (C=O) groups is 2. The summed E-state index contributed by atoms with van der Waals surface area (Å²) in [5.74, 6) is -0.983. The summed E-state index contributed by atoms with van der Waals surface area (Å²) in [7, 11) is 0. The summed E-state index contributed by atoms with van der Waals surface area (Å²) in [6.45, 7) is 0. The second kappa shape index (κ2) is 8.61. The summed E-state index contributed by atoms with van der Waals surface area (Å²) in [4.78, 5) is 28.2. The van der Waals surface area contributed by atoms with Crippen LogP contribution in [0.25, 0.3) is 11.0 Å². The number of carboxylic acid groups (broad SMARTS) is 1. The Morgan fingerprint density at radius 3 is 2.37 bits per heavy atom. The van der Waals surface area contributed by atoms with Crippen molar-refractivity contribution in [2.45, 2.75) is 18.9 Å². The van der Waals surface area contributed by atoms with Gasteiger partial charge in [0.2, 0.25) is 5.91 Å². The highest BCUT2D eigenvalue weighted by Crippen LogP contribution is 2.28. The van der Waals surface area contributed by atoms with Crippen LogP contribution in [0.4, 0.5) is 5.69 Å². The predicted octanol–water partition coefficient (Wildman–Crippen LogP) is 4.28. The Morgan fingerprint density at radius 2 is 1.67 bits per heavy atom. The number of nitrogens with zero attached hydrogens (tertiary/aromatic N) is 2. The molecule has 0 aliphatic rings. The van der Waals surface area contributed by atoms with Gasteiger partial charge in [0.25, 0.3) is 0 Å². The first-order valence-electron chi connectivity index (χ1n) is 9.67. The molecule has 0 fully saturated rings. The molecule has 2 N–H and O–H groups in total. The molecule has 1 amide bonds. The SMILES string of the molecule is O=C(O)CC(c1ccccc1)n1cnc2cc(NC(=O)Cc3ccccc3)ccc21. The zero-order valence-corrected chi connectivity index (χ0v) is 16.2. The standard InChI is InChI=1S/C24H21N3O3/c28-23(13-17-7-3-1-4-8-17)26-19-11-12-21-20(14-19)25-16-27(21)22(15-24(29)30)18-9-5-2-6-10-18/h1-12,14,16,22H,13,15H2,(H,26,28)(H,29,30). The molecule has 1 aromatic heterocycles. The third kappa shape index (κ3) is 4.38. The minimum Gasteiger partial charge on any atom is -0.481 e. The van der Waals surface area contributed by atoms with Crippen molar-refractivity contribution in [3.63, 3.8) is 0 Å². The van der Waals surface area contributed by atoms with Crippen LogP contribution in [-0.4, -0.2) is 26.5 Å². The molecule has 0 saturated heterocycles. The van der Waals surface area contributed by atoms with Crippen LogP contribution in [0.5, 0.6) is 0 Å². The van der Waals surface area contributed by atoms with Gasteiger partial charge in [0.05, 0.1) is 36.2 Å². The van der Waals surface area contributed by atoms with Gasteiger partial charge in [0.1, 0.15) is 0 Å². The number of benzene rings is 3. The molecule has 0 spiro atoms. The van der Waals surface area contributed by atoms with Crippen molar-refractivity contribution in [1.29, 1.82) is 0 Å². The minimum absolute atomic E-state index is 0.0506. The van der Waals surface area contributed by atoms with Gasteiger partial charge < -0.3 is 15.0 Å². The van der Waals surface area contributed by atoms with E-state index in [4.69, 9.17) is 0 Å². The lowest BCUT2D eigenvalue weighted by Crippen LogP contribution is -2.15. The Hall–Kier alpha value is -3.93. The first kappa shape index (κ1) is 19.4. The van der Waals surface area contributed by atoms with E-state index < -0.39 is 5.97 Å². The van der Waals surface area contributed by atoms with Crippen LogP contribution in [0.3, 0.4) is 0 Å². The molecule has 1 unspecified atom stereocenters. The fraction of sp³-hybridized carbons (Fsp3) is 0.125. The molecule has 6 heteroatoms. The Bertz CT molecular complexity index is 1170. The highest BCUT2D eigenvalue weighted by Gasteiger charge is 2.19. The van der Waals surface area contributed by atoms with Crippen molar-refractivity contribution in [3.05, 3.63) is 96.3 Å². The van der Waals surface area contributed by atoms with E-state index in [0.29, 0.717) is 17.6 Å². The molecule has 0 saturated carbocycles. The topological polar surface area (TPSA) is 84.2 Å². The van der Waals surface area contributed by atoms with E-state index in [1.54, 1.807) is 12.4 Å². The average molecular weight is 399 g/mol. The number of carboxylic acids is 1. The number of anilines is 1. The molecule has 4 rings (SSSR count). The van der Waals surface area contributed by atoms with E-state index in [1.807, 2.05) is 77.4 Å². The van der Waals surface area contributed by atoms with Crippen molar-refractivity contribution >= 4 is 28.6 Å². The maximum Gasteiger partial charge on any atom is 0.305 e. The lowest BCUT2D eigenvalue weighted by atomic mass is 10.0. The quantitative estimate of drug-likeness (QED) is 0.486. The molecule has 0 bridgehead atoms. The fourth-order valence-electron chi connectivity index (χ4n) is 3.56. The number of hydrogen-bond donors (Lipinski definition) is 2. The van der Waals surface area contributed by atoms with E-state index in [0.717, 1.165) is 16.6 Å². The van der Waals surface area contributed by atoms with Crippen LogP contribution < -0.4 is 5.32 Å². The van der Waals surface area contributed by atoms with E-state index in [1.165, 1.54) is 0 Å². The molecule has 1 atom stereocenters. The molecule has 0 radical (unpaired) electrons. The third-order valence-electron chi connectivity index (χ3n) is 4.95. The first-order valence-corrected chi connectivity index (χ1v) is 9.67. The Morgan fingerprint density at radius 1 is 0.967 bits per heavy atom. The molecule has 3 aromatic carbocycles. The number of carbonyl (C=O) groups excluding carboxylic acids is 1. The summed E-state index contributed by atoms with van der Waals surface area (Å²) in [6, 6.07) is 24.2. The average Bonchev–Trinajstić information content (AvgIpc) is 3.16. The molecular weight excluding hydrogens is 378 g/mol. The molecule has 30 heavy (non-hydrogen) atoms. The monoisotopic (exact) mass is 399 g/mol. The van der Waals surface area contributed by atoms with Crippen molar-refractivity contribution in [2.75, 3.05) is 5.32 Å². The summed E-state index contributed by atoms with van der Waals surface area (Å²) < 4.78 is 1.87. The zero-order chi connectivity index (χ0) is 20.9. The first-order chi connectivity index (χ1) is 14.6. The van der Waals surface area contributed by atoms with Gasteiger partial charge in [-0.2, -0.15) is 0 Å². The lowest BCUT2D eigenvalue weighted by molar-refractivity contribution is -0.137. The van der Waals surface area contributed by atoms with Crippen LogP contribution in [0.2, 0.25) is 0 Å². The van der Waals surface area contributed by atoms with Crippen LogP contribution >= 0.6 is 0 Å². The number of hydrogen-bond acceptors (Lipinski definition) is 3. The number of rotatable bonds is 7. The number of aromatic nitrogens is 2. The number of aliphatic carboxylic acids is 1. The lowest BCUT2D eigenvalue weighted by Gasteiger charge is -2.18. The normalized spacial score (nSPS) is 11.9. The van der Waals surface area contributed by atoms with Gasteiger partial charge in [-0.25, -0.2) is 4.98 Å². The molecule has 6 nitrogen and oxygen atoms in total. The number of fused-ring (bicyclic) bond motifs is 1. The van der Waals surface area contributed by atoms with Crippen LogP contribution in [0, 0.1) is 0 Å². The van der Waals surface area contributed by atoms with Gasteiger partial charge in [0.15, 0.2) is 0 Å². The highest BCUT2D eigenvalue weighted by molar-refractivity contribution is 5.94. The van der Waals surface area contributed by atoms with E-state index >= 15 is 0 Å². The molecule has 0 aliphatic heterocycles. The molecule has 0 aliphatic carbocycles. The van der Waals surface area contributed by atoms with Crippen LogP contribution in [-0.2, 0) is 16.0 Å². The summed E-state index contributed by atoms with van der Waals surface area (Å²) >= 11 is 0. The van der Waals surface area contributed by atoms with Gasteiger partial charge in [-0.15, -0.1) is 0 Å². The Kier molecular flexibility index (Phi) is 5.57. The maximum atomic E-state index is 12.3. The smallest absolute Gasteiger partial charge is 0.305 e. The van der Waals surface area contributed by atoms with Gasteiger partial charge in [-0.05, 0) is 29.3 Å². The summed E-state index contributed by atoms with van der Waals surface area (Å²) in [5.41, 5.74) is 4.01. The minimum atomic E-state index is -0.879. The number of imidazole rings is 1. The van der Waals surface area contributed by atoms with Gasteiger partial charge in [-0.1, -0.05) is 60.7 Å². The zero-order valence-electron chi connectivity index (χ0n) is 16.2. The predicted molar refractivity (Wildman–Crippen MR) is 115 cm³/mol. The van der Waals surface area contributed by atoms with E-state index in [9.17, 15) is 14.7 Å². The van der Waals surface area contributed by atoms with Crippen LogP contribution in [0.15, 0.2) is 85.2 Å². The Labute approximate surface area is 173 Å². The molecule has 1 heterocycles. The summed E-state index contributed by atoms with van der Waals surface area (Å²) in [5, 5.41) is 12.3. The summed E-state index contributed by atoms with van der Waals surface area (Å²) in [6.07, 6.45) is 1.90. The van der Waals surface area contributed by atoms with Gasteiger partial charge in [0, 0.05) is 5.69 Å². The Balaban J connectivity index is 1.58. The molecular formula is C24H21N3O3. The molecule has 150 valence electrons. The van der Waals surface area contributed by atoms with Crippen molar-refractivity contribution < 1.29 is 14.7 Å². The van der Waals surface area contributed by atoms with E-state index in [-0.39, 0.29) is 18.4 Å². The van der Waals surface area contributed by atoms with Gasteiger partial charge >= 0.3 is 5.97 Å². The highest BCUT2D eigenvalue weighted by atomic mass is 16.4. The maximum absolute atomic E-state index is 12.3. The van der Waals surface area contributed by atoms with Crippen molar-refractivity contribution in [3.8, 4) is 0 Å². The van der Waals surface area contributed by atoms with Crippen molar-refractivity contribution in [2.24, 2.45) is 0 Å². The molecule has 4 aromatic rings. The largest absolute Gasteiger partial charge is 0.481 e.